The third-order valence-corrected chi connectivity index (χ3v) is 4.16. The number of hydrogen-bond donors (Lipinski definition) is 2. The van der Waals surface area contributed by atoms with Crippen LogP contribution in [0, 0.1) is 6.92 Å². The number of thiocarbonyl (C=S) groups is 1. The number of anilines is 1. The Morgan fingerprint density at radius 3 is 2.89 bits per heavy atom. The standard InChI is InChI=1S/C12H12BrN3S2/c1-7-5-16-11(18-7)6-15-10-3-2-8(12(14)17)4-9(10)13/h2-5,15H,6H2,1H3,(H2,14,17). The fourth-order valence-electron chi connectivity index (χ4n) is 1.47. The van der Waals surface area contributed by atoms with Crippen molar-refractivity contribution in [2.45, 2.75) is 13.5 Å². The molecule has 0 spiro atoms. The average molecular weight is 342 g/mol. The normalized spacial score (nSPS) is 10.3. The lowest BCUT2D eigenvalue weighted by Gasteiger charge is -2.08. The first-order valence-electron chi connectivity index (χ1n) is 5.31. The molecular formula is C12H12BrN3S2. The van der Waals surface area contributed by atoms with Crippen LogP contribution in [-0.2, 0) is 6.54 Å². The summed E-state index contributed by atoms with van der Waals surface area (Å²) in [5.74, 6) is 0. The lowest BCUT2D eigenvalue weighted by Crippen LogP contribution is -2.09. The van der Waals surface area contributed by atoms with Crippen molar-refractivity contribution in [3.05, 3.63) is 44.3 Å². The van der Waals surface area contributed by atoms with Crippen molar-refractivity contribution in [3.63, 3.8) is 0 Å². The summed E-state index contributed by atoms with van der Waals surface area (Å²) in [4.78, 5) is 5.92. The molecule has 18 heavy (non-hydrogen) atoms. The van der Waals surface area contributed by atoms with E-state index in [2.05, 4.69) is 26.2 Å². The van der Waals surface area contributed by atoms with Crippen molar-refractivity contribution in [2.24, 2.45) is 5.73 Å². The third-order valence-electron chi connectivity index (χ3n) is 2.35. The first-order chi connectivity index (χ1) is 8.56. The summed E-state index contributed by atoms with van der Waals surface area (Å²) < 4.78 is 0.945. The van der Waals surface area contributed by atoms with Gasteiger partial charge in [0, 0.05) is 26.8 Å². The Hall–Kier alpha value is -0.980. The number of hydrogen-bond acceptors (Lipinski definition) is 4. The summed E-state index contributed by atoms with van der Waals surface area (Å²) in [5, 5.41) is 4.39. The van der Waals surface area contributed by atoms with Crippen LogP contribution in [0.5, 0.6) is 0 Å². The summed E-state index contributed by atoms with van der Waals surface area (Å²) in [6, 6.07) is 5.78. The second kappa shape index (κ2) is 5.77. The molecule has 0 aliphatic carbocycles. The van der Waals surface area contributed by atoms with Gasteiger partial charge in [-0.15, -0.1) is 11.3 Å². The van der Waals surface area contributed by atoms with Crippen LogP contribution in [0.3, 0.4) is 0 Å². The van der Waals surface area contributed by atoms with Gasteiger partial charge in [-0.3, -0.25) is 0 Å². The lowest BCUT2D eigenvalue weighted by atomic mass is 10.2. The van der Waals surface area contributed by atoms with Crippen LogP contribution >= 0.6 is 39.5 Å². The van der Waals surface area contributed by atoms with Gasteiger partial charge in [-0.2, -0.15) is 0 Å². The molecule has 0 atom stereocenters. The second-order valence-electron chi connectivity index (χ2n) is 3.78. The average Bonchev–Trinajstić information content (AvgIpc) is 2.73. The maximum absolute atomic E-state index is 5.58. The molecule has 0 unspecified atom stereocenters. The zero-order valence-corrected chi connectivity index (χ0v) is 13.0. The van der Waals surface area contributed by atoms with E-state index in [1.807, 2.05) is 31.3 Å². The topological polar surface area (TPSA) is 50.9 Å². The number of nitrogens with zero attached hydrogens (tertiary/aromatic N) is 1. The van der Waals surface area contributed by atoms with Gasteiger partial charge < -0.3 is 11.1 Å². The van der Waals surface area contributed by atoms with Gasteiger partial charge in [-0.25, -0.2) is 4.98 Å². The number of benzene rings is 1. The first-order valence-corrected chi connectivity index (χ1v) is 7.32. The summed E-state index contributed by atoms with van der Waals surface area (Å²) in [6.07, 6.45) is 1.88. The molecule has 3 nitrogen and oxygen atoms in total. The summed E-state index contributed by atoms with van der Waals surface area (Å²) in [6.45, 7) is 2.76. The van der Waals surface area contributed by atoms with E-state index < -0.39 is 0 Å². The Labute approximate surface area is 124 Å². The molecule has 94 valence electrons. The quantitative estimate of drug-likeness (QED) is 0.836. The molecule has 1 aromatic carbocycles. The predicted octanol–water partition coefficient (Wildman–Crippen LogP) is 3.46. The van der Waals surface area contributed by atoms with Crippen LogP contribution in [-0.4, -0.2) is 9.97 Å². The molecule has 1 aromatic heterocycles. The lowest BCUT2D eigenvalue weighted by molar-refractivity contribution is 1.10. The van der Waals surface area contributed by atoms with E-state index in [-0.39, 0.29) is 0 Å². The van der Waals surface area contributed by atoms with Gasteiger partial charge >= 0.3 is 0 Å². The zero-order valence-electron chi connectivity index (χ0n) is 9.74. The van der Waals surface area contributed by atoms with Crippen LogP contribution in [0.2, 0.25) is 0 Å². The van der Waals surface area contributed by atoms with E-state index in [1.54, 1.807) is 11.3 Å². The van der Waals surface area contributed by atoms with Crippen molar-refractivity contribution >= 4 is 50.2 Å². The molecule has 0 saturated heterocycles. The van der Waals surface area contributed by atoms with E-state index in [9.17, 15) is 0 Å². The number of aromatic nitrogens is 1. The van der Waals surface area contributed by atoms with Crippen molar-refractivity contribution < 1.29 is 0 Å². The Morgan fingerprint density at radius 2 is 2.33 bits per heavy atom. The van der Waals surface area contributed by atoms with Gasteiger partial charge in [-0.05, 0) is 41.1 Å². The minimum Gasteiger partial charge on any atom is -0.389 e. The number of aryl methyl sites for hydroxylation is 1. The number of halogens is 1. The molecule has 0 bridgehead atoms. The van der Waals surface area contributed by atoms with E-state index >= 15 is 0 Å². The predicted molar refractivity (Wildman–Crippen MR) is 84.2 cm³/mol. The third kappa shape index (κ3) is 3.28. The van der Waals surface area contributed by atoms with Crippen LogP contribution in [0.25, 0.3) is 0 Å². The van der Waals surface area contributed by atoms with Gasteiger partial charge in [0.05, 0.1) is 6.54 Å². The fraction of sp³-hybridized carbons (Fsp3) is 0.167. The molecule has 1 heterocycles. The van der Waals surface area contributed by atoms with Gasteiger partial charge in [0.15, 0.2) is 0 Å². The minimum absolute atomic E-state index is 0.401. The molecular weight excluding hydrogens is 330 g/mol. The Balaban J connectivity index is 2.08. The SMILES string of the molecule is Cc1cnc(CNc2ccc(C(N)=S)cc2Br)s1. The number of nitrogens with two attached hydrogens (primary N) is 1. The highest BCUT2D eigenvalue weighted by Gasteiger charge is 2.04. The molecule has 3 N–H and O–H groups in total. The summed E-state index contributed by atoms with van der Waals surface area (Å²) in [5.41, 5.74) is 7.44. The van der Waals surface area contributed by atoms with E-state index in [1.165, 1.54) is 4.88 Å². The summed E-state index contributed by atoms with van der Waals surface area (Å²) in [7, 11) is 0. The zero-order chi connectivity index (χ0) is 13.1. The molecule has 2 aromatic rings. The Kier molecular flexibility index (Phi) is 4.31. The van der Waals surface area contributed by atoms with Gasteiger partial charge in [0.25, 0.3) is 0 Å². The molecule has 2 rings (SSSR count). The van der Waals surface area contributed by atoms with Crippen LogP contribution in [0.15, 0.2) is 28.9 Å². The molecule has 0 amide bonds. The number of nitrogens with one attached hydrogen (secondary N) is 1. The van der Waals surface area contributed by atoms with Crippen LogP contribution in [0.4, 0.5) is 5.69 Å². The first kappa shape index (κ1) is 13.5. The highest BCUT2D eigenvalue weighted by molar-refractivity contribution is 9.10. The van der Waals surface area contributed by atoms with Crippen LogP contribution in [0.1, 0.15) is 15.4 Å². The van der Waals surface area contributed by atoms with Crippen LogP contribution < -0.4 is 11.1 Å². The molecule has 0 saturated carbocycles. The smallest absolute Gasteiger partial charge is 0.112 e. The minimum atomic E-state index is 0.401. The largest absolute Gasteiger partial charge is 0.389 e. The second-order valence-corrected chi connectivity index (χ2v) is 6.39. The van der Waals surface area contributed by atoms with E-state index in [0.29, 0.717) is 11.5 Å². The molecule has 6 heteroatoms. The van der Waals surface area contributed by atoms with E-state index in [4.69, 9.17) is 18.0 Å². The summed E-state index contributed by atoms with van der Waals surface area (Å²) >= 11 is 10.1. The Bertz CT molecular complexity index is 580. The number of thiazole rings is 1. The Morgan fingerprint density at radius 1 is 1.56 bits per heavy atom. The van der Waals surface area contributed by atoms with Gasteiger partial charge in [0.2, 0.25) is 0 Å². The fourth-order valence-corrected chi connectivity index (χ4v) is 2.84. The number of rotatable bonds is 4. The molecule has 0 radical (unpaired) electrons. The van der Waals surface area contributed by atoms with Crippen molar-refractivity contribution in [2.75, 3.05) is 5.32 Å². The molecule has 0 fully saturated rings. The highest BCUT2D eigenvalue weighted by Crippen LogP contribution is 2.24. The highest BCUT2D eigenvalue weighted by atomic mass is 79.9. The van der Waals surface area contributed by atoms with Crippen molar-refractivity contribution in [1.82, 2.24) is 4.98 Å². The molecule has 0 aliphatic heterocycles. The van der Waals surface area contributed by atoms with Gasteiger partial charge in [0.1, 0.15) is 10.00 Å². The maximum Gasteiger partial charge on any atom is 0.112 e. The van der Waals surface area contributed by atoms with Crippen molar-refractivity contribution in [3.8, 4) is 0 Å². The molecule has 0 aliphatic rings. The maximum atomic E-state index is 5.58. The van der Waals surface area contributed by atoms with Crippen molar-refractivity contribution in [1.29, 1.82) is 0 Å². The van der Waals surface area contributed by atoms with Gasteiger partial charge in [-0.1, -0.05) is 12.2 Å². The van der Waals surface area contributed by atoms with E-state index in [0.717, 1.165) is 20.7 Å². The monoisotopic (exact) mass is 341 g/mol.